The van der Waals surface area contributed by atoms with E-state index in [1.165, 1.54) is 24.7 Å². The lowest BCUT2D eigenvalue weighted by Crippen LogP contribution is -2.57. The van der Waals surface area contributed by atoms with Gasteiger partial charge in [-0.1, -0.05) is 12.5 Å². The Morgan fingerprint density at radius 2 is 2.03 bits per heavy atom. The number of carbonyl (C=O) groups is 2. The fourth-order valence-corrected chi connectivity index (χ4v) is 9.28. The average molecular weight is 427 g/mol. The van der Waals surface area contributed by atoms with Gasteiger partial charge in [-0.2, -0.15) is 0 Å². The van der Waals surface area contributed by atoms with E-state index in [1.807, 2.05) is 6.08 Å². The van der Waals surface area contributed by atoms with Gasteiger partial charge in [0.1, 0.15) is 0 Å². The van der Waals surface area contributed by atoms with Gasteiger partial charge in [0.25, 0.3) is 0 Å². The number of ketones is 1. The highest BCUT2D eigenvalue weighted by molar-refractivity contribution is 5.91. The second-order valence-corrected chi connectivity index (χ2v) is 11.4. The Morgan fingerprint density at radius 1 is 1.23 bits per heavy atom. The summed E-state index contributed by atoms with van der Waals surface area (Å²) in [5.74, 6) is 4.88. The van der Waals surface area contributed by atoms with Crippen LogP contribution in [0.15, 0.2) is 24.0 Å². The molecule has 0 aromatic carbocycles. The number of carbonyl (C=O) groups excluding carboxylic acids is 1. The lowest BCUT2D eigenvalue weighted by Gasteiger charge is -2.60. The molecule has 0 heterocycles. The number of ether oxygens (including phenoxy) is 1. The highest BCUT2D eigenvalue weighted by atomic mass is 16.7. The first-order chi connectivity index (χ1) is 14.9. The molecule has 0 spiro atoms. The van der Waals surface area contributed by atoms with Crippen molar-refractivity contribution < 1.29 is 24.5 Å². The molecule has 168 valence electrons. The van der Waals surface area contributed by atoms with Crippen molar-refractivity contribution in [1.29, 1.82) is 0 Å². The molecular formula is C26H34O5. The Hall–Kier alpha value is -1.62. The molecule has 0 unspecified atom stereocenters. The monoisotopic (exact) mass is 426 g/mol. The smallest absolute Gasteiger partial charge is 0.449 e. The molecule has 0 aromatic heterocycles. The number of carboxylic acid groups (broad SMARTS) is 1. The second kappa shape index (κ2) is 6.69. The average Bonchev–Trinajstić information content (AvgIpc) is 3.65. The topological polar surface area (TPSA) is 83.8 Å². The normalized spacial score (nSPS) is 50.2. The van der Waals surface area contributed by atoms with Gasteiger partial charge in [-0.25, -0.2) is 4.79 Å². The molecular weight excluding hydrogens is 392 g/mol. The van der Waals surface area contributed by atoms with Crippen molar-refractivity contribution in [3.05, 3.63) is 24.0 Å². The first-order valence-electron chi connectivity index (χ1n) is 12.4. The fourth-order valence-electron chi connectivity index (χ4n) is 9.28. The molecule has 5 nitrogen and oxygen atoms in total. The van der Waals surface area contributed by atoms with Crippen LogP contribution in [0.1, 0.15) is 64.7 Å². The van der Waals surface area contributed by atoms with Crippen LogP contribution in [0.25, 0.3) is 0 Å². The number of allylic oxidation sites excluding steroid dienone is 1. The lowest BCUT2D eigenvalue weighted by atomic mass is 9.45. The molecule has 0 bridgehead atoms. The highest BCUT2D eigenvalue weighted by Crippen LogP contribution is 2.78. The molecule has 31 heavy (non-hydrogen) atoms. The Labute approximate surface area is 183 Å². The third-order valence-corrected chi connectivity index (χ3v) is 10.5. The molecule has 5 fully saturated rings. The summed E-state index contributed by atoms with van der Waals surface area (Å²) in [6.45, 7) is 2.22. The van der Waals surface area contributed by atoms with Gasteiger partial charge in [-0.05, 0) is 111 Å². The van der Waals surface area contributed by atoms with Gasteiger partial charge in [-0.15, -0.1) is 0 Å². The summed E-state index contributed by atoms with van der Waals surface area (Å²) in [5, 5.41) is 20.9. The predicted molar refractivity (Wildman–Crippen MR) is 114 cm³/mol. The summed E-state index contributed by atoms with van der Waals surface area (Å²) in [5.41, 5.74) is 0.289. The van der Waals surface area contributed by atoms with Crippen molar-refractivity contribution in [1.82, 2.24) is 0 Å². The summed E-state index contributed by atoms with van der Waals surface area (Å²) in [6.07, 6.45) is 13.1. The molecule has 9 atom stereocenters. The Bertz CT molecular complexity index is 871. The van der Waals surface area contributed by atoms with Gasteiger partial charge in [0, 0.05) is 11.8 Å². The van der Waals surface area contributed by atoms with Crippen LogP contribution in [0.5, 0.6) is 0 Å². The number of hydrogen-bond acceptors (Lipinski definition) is 4. The minimum absolute atomic E-state index is 0.182. The van der Waals surface area contributed by atoms with Crippen LogP contribution in [0.3, 0.4) is 0 Å². The van der Waals surface area contributed by atoms with Crippen molar-refractivity contribution in [3.8, 4) is 0 Å². The molecule has 6 aliphatic rings. The van der Waals surface area contributed by atoms with E-state index < -0.39 is 11.8 Å². The zero-order valence-electron chi connectivity index (χ0n) is 18.3. The first kappa shape index (κ1) is 20.0. The molecule has 0 amide bonds. The van der Waals surface area contributed by atoms with Gasteiger partial charge >= 0.3 is 6.16 Å². The molecule has 6 aliphatic carbocycles. The van der Waals surface area contributed by atoms with Crippen LogP contribution in [-0.4, -0.2) is 27.8 Å². The van der Waals surface area contributed by atoms with E-state index in [0.717, 1.165) is 44.4 Å². The molecule has 0 aliphatic heterocycles. The van der Waals surface area contributed by atoms with Crippen LogP contribution in [0.2, 0.25) is 0 Å². The molecule has 0 radical (unpaired) electrons. The van der Waals surface area contributed by atoms with E-state index in [2.05, 4.69) is 6.92 Å². The lowest BCUT2D eigenvalue weighted by molar-refractivity contribution is -0.140. The zero-order valence-corrected chi connectivity index (χ0v) is 18.3. The first-order valence-corrected chi connectivity index (χ1v) is 12.4. The zero-order chi connectivity index (χ0) is 21.5. The van der Waals surface area contributed by atoms with Crippen molar-refractivity contribution >= 4 is 11.9 Å². The minimum Gasteiger partial charge on any atom is -0.449 e. The largest absolute Gasteiger partial charge is 0.510 e. The van der Waals surface area contributed by atoms with E-state index >= 15 is 0 Å². The fraction of sp³-hybridized carbons (Fsp3) is 0.769. The van der Waals surface area contributed by atoms with Crippen molar-refractivity contribution in [3.63, 3.8) is 0 Å². The maximum atomic E-state index is 12.2. The molecule has 0 saturated heterocycles. The van der Waals surface area contributed by atoms with Gasteiger partial charge in [-0.3, -0.25) is 4.79 Å². The standard InChI is InChI=1S/C26H34O5/c1-2-25-8-7-18-17-6-5-16(27)11-15(17)12-19(14-3-4-14)22(18)23(25)20-13-21(20)26(25,30)9-10-31-24(28)29/h9-11,14,17-23,30H,2-8,12-13H2,1H3,(H,28,29)/b10-9-/t17-,18+,19-,20-,21+,22-,23-,25-,26-/m0/s1. The number of fused-ring (bicyclic) bond motifs is 7. The Balaban J connectivity index is 1.39. The summed E-state index contributed by atoms with van der Waals surface area (Å²) in [6, 6.07) is 0. The predicted octanol–water partition coefficient (Wildman–Crippen LogP) is 4.95. The number of aliphatic hydroxyl groups is 1. The molecule has 2 N–H and O–H groups in total. The van der Waals surface area contributed by atoms with Gasteiger partial charge < -0.3 is 14.9 Å². The maximum absolute atomic E-state index is 12.2. The molecule has 6 rings (SSSR count). The molecule has 0 aromatic rings. The summed E-state index contributed by atoms with van der Waals surface area (Å²) in [7, 11) is 0. The maximum Gasteiger partial charge on any atom is 0.510 e. The van der Waals surface area contributed by atoms with Gasteiger partial charge in [0.05, 0.1) is 11.9 Å². The van der Waals surface area contributed by atoms with E-state index in [9.17, 15) is 14.7 Å². The van der Waals surface area contributed by atoms with Crippen LogP contribution >= 0.6 is 0 Å². The van der Waals surface area contributed by atoms with Crippen LogP contribution in [0.4, 0.5) is 4.79 Å². The summed E-state index contributed by atoms with van der Waals surface area (Å²) in [4.78, 5) is 23.1. The van der Waals surface area contributed by atoms with Crippen molar-refractivity contribution in [2.45, 2.75) is 70.3 Å². The van der Waals surface area contributed by atoms with E-state index in [1.54, 1.807) is 6.08 Å². The quantitative estimate of drug-likeness (QED) is 0.491. The van der Waals surface area contributed by atoms with Crippen LogP contribution in [0, 0.1) is 52.8 Å². The highest BCUT2D eigenvalue weighted by Gasteiger charge is 2.77. The number of hydrogen-bond donors (Lipinski definition) is 2. The van der Waals surface area contributed by atoms with Gasteiger partial charge in [0.2, 0.25) is 0 Å². The van der Waals surface area contributed by atoms with E-state index in [-0.39, 0.29) is 11.3 Å². The van der Waals surface area contributed by atoms with Crippen LogP contribution in [-0.2, 0) is 9.53 Å². The second-order valence-electron chi connectivity index (χ2n) is 11.4. The Kier molecular flexibility index (Phi) is 4.32. The van der Waals surface area contributed by atoms with E-state index in [0.29, 0.717) is 47.7 Å². The van der Waals surface area contributed by atoms with Crippen molar-refractivity contribution in [2.75, 3.05) is 0 Å². The SMILES string of the molecule is CC[C@]12CC[C@H]3[C@H]([C@@H]1[C@H]1C[C@H]1[C@@]2(O)/C=C\OC(=O)O)[C@H](C1CC1)CC1=CC(=O)CC[C@@H]13. The number of rotatable bonds is 4. The summed E-state index contributed by atoms with van der Waals surface area (Å²) < 4.78 is 4.70. The Morgan fingerprint density at radius 3 is 2.74 bits per heavy atom. The van der Waals surface area contributed by atoms with E-state index in [4.69, 9.17) is 9.84 Å². The third kappa shape index (κ3) is 2.71. The van der Waals surface area contributed by atoms with Crippen LogP contribution < -0.4 is 0 Å². The van der Waals surface area contributed by atoms with Crippen molar-refractivity contribution in [2.24, 2.45) is 52.8 Å². The minimum atomic E-state index is -1.33. The third-order valence-electron chi connectivity index (χ3n) is 10.5. The molecule has 5 saturated carbocycles. The molecule has 5 heteroatoms. The van der Waals surface area contributed by atoms with Gasteiger partial charge in [0.15, 0.2) is 5.78 Å². The summed E-state index contributed by atoms with van der Waals surface area (Å²) >= 11 is 0.